The summed E-state index contributed by atoms with van der Waals surface area (Å²) in [6.45, 7) is 4.05. The highest BCUT2D eigenvalue weighted by atomic mass is 32.2. The normalized spacial score (nSPS) is 23.7. The van der Waals surface area contributed by atoms with E-state index >= 15 is 0 Å². The number of methoxy groups -OCH3 is 1. The van der Waals surface area contributed by atoms with Crippen molar-refractivity contribution >= 4 is 21.6 Å². The summed E-state index contributed by atoms with van der Waals surface area (Å²) in [5.41, 5.74) is -4.35. The van der Waals surface area contributed by atoms with Gasteiger partial charge < -0.3 is 19.9 Å². The predicted molar refractivity (Wildman–Crippen MR) is 155 cm³/mol. The molecule has 0 bridgehead atoms. The van der Waals surface area contributed by atoms with Crippen molar-refractivity contribution in [3.8, 4) is 6.07 Å². The zero-order valence-electron chi connectivity index (χ0n) is 24.1. The van der Waals surface area contributed by atoms with Crippen LogP contribution in [0.25, 0.3) is 0 Å². The molecule has 5 rings (SSSR count). The third-order valence-electron chi connectivity index (χ3n) is 9.55. The number of likely N-dealkylation sites (tertiary alicyclic amines) is 1. The van der Waals surface area contributed by atoms with E-state index in [0.29, 0.717) is 11.6 Å². The SMILES string of the molecule is COC(=O)N[C@H]1CCC[C@@H]1[C@](C#N)(c1ccccc1)C1CCN(CC2CN(c3ccc(S(=O)(=O)C(F)(F)F)cc3)C2)CC1. The average Bonchev–Trinajstić information content (AvgIpc) is 3.44. The number of nitriles is 1. The van der Waals surface area contributed by atoms with Crippen LogP contribution in [0.15, 0.2) is 59.5 Å². The standard InChI is InChI=1S/C31H37F3N4O4S/c1-42-29(39)36-28-9-5-8-27(28)30(21-35,23-6-3-2-4-7-23)24-14-16-37(17-15-24)18-22-19-38(20-22)25-10-12-26(13-11-25)43(40,41)31(32,33)34/h2-4,6-7,10-13,22,24,27-28H,5,8-9,14-20H2,1H3,(H,36,39)/t27-,28-,30+/m0/s1. The maximum Gasteiger partial charge on any atom is 0.501 e. The van der Waals surface area contributed by atoms with Gasteiger partial charge in [0.2, 0.25) is 0 Å². The summed E-state index contributed by atoms with van der Waals surface area (Å²) >= 11 is 0. The van der Waals surface area contributed by atoms with Gasteiger partial charge in [-0.3, -0.25) is 0 Å². The monoisotopic (exact) mass is 618 g/mol. The number of benzene rings is 2. The van der Waals surface area contributed by atoms with Crippen molar-refractivity contribution in [2.24, 2.45) is 17.8 Å². The molecule has 2 heterocycles. The van der Waals surface area contributed by atoms with Crippen molar-refractivity contribution in [1.29, 1.82) is 5.26 Å². The summed E-state index contributed by atoms with van der Waals surface area (Å²) in [6.07, 6.45) is 3.86. The second-order valence-electron chi connectivity index (χ2n) is 11.9. The van der Waals surface area contributed by atoms with Gasteiger partial charge in [-0.15, -0.1) is 0 Å². The Kier molecular flexibility index (Phi) is 8.95. The topological polar surface area (TPSA) is 103 Å². The Morgan fingerprint density at radius 3 is 2.26 bits per heavy atom. The molecule has 0 radical (unpaired) electrons. The van der Waals surface area contributed by atoms with E-state index in [1.54, 1.807) is 0 Å². The Morgan fingerprint density at radius 1 is 1.02 bits per heavy atom. The van der Waals surface area contributed by atoms with Crippen LogP contribution >= 0.6 is 0 Å². The number of amides is 1. The molecule has 1 amide bonds. The van der Waals surface area contributed by atoms with Crippen molar-refractivity contribution in [1.82, 2.24) is 10.2 Å². The molecule has 8 nitrogen and oxygen atoms in total. The third kappa shape index (κ3) is 6.07. The quantitative estimate of drug-likeness (QED) is 0.439. The molecular weight excluding hydrogens is 581 g/mol. The summed E-state index contributed by atoms with van der Waals surface area (Å²) in [4.78, 5) is 15.8. The number of anilines is 1. The number of carbonyl (C=O) groups excluding carboxylic acids is 1. The number of nitrogens with zero attached hydrogens (tertiary/aromatic N) is 3. The lowest BCUT2D eigenvalue weighted by Crippen LogP contribution is -2.55. The first-order valence-electron chi connectivity index (χ1n) is 14.7. The Labute approximate surface area is 250 Å². The minimum atomic E-state index is -5.36. The molecule has 232 valence electrons. The van der Waals surface area contributed by atoms with Crippen LogP contribution in [-0.2, 0) is 20.0 Å². The van der Waals surface area contributed by atoms with Crippen molar-refractivity contribution in [2.45, 2.75) is 54.0 Å². The number of hydrogen-bond donors (Lipinski definition) is 1. The van der Waals surface area contributed by atoms with Crippen LogP contribution in [0.5, 0.6) is 0 Å². The molecule has 2 aromatic carbocycles. The minimum absolute atomic E-state index is 0.0201. The number of rotatable bonds is 8. The molecule has 2 aliphatic heterocycles. The van der Waals surface area contributed by atoms with Gasteiger partial charge in [-0.2, -0.15) is 18.4 Å². The van der Waals surface area contributed by atoms with Gasteiger partial charge in [-0.05, 0) is 74.5 Å². The zero-order chi connectivity index (χ0) is 30.8. The first-order chi connectivity index (χ1) is 20.5. The van der Waals surface area contributed by atoms with E-state index in [1.807, 2.05) is 35.2 Å². The van der Waals surface area contributed by atoms with E-state index < -0.39 is 31.7 Å². The highest BCUT2D eigenvalue weighted by molar-refractivity contribution is 7.92. The molecular formula is C31H37F3N4O4S. The van der Waals surface area contributed by atoms with Crippen LogP contribution in [0, 0.1) is 29.1 Å². The fourth-order valence-corrected chi connectivity index (χ4v) is 8.16. The van der Waals surface area contributed by atoms with Gasteiger partial charge in [0, 0.05) is 43.2 Å². The van der Waals surface area contributed by atoms with Crippen molar-refractivity contribution in [3.63, 3.8) is 0 Å². The van der Waals surface area contributed by atoms with Gasteiger partial charge in [-0.25, -0.2) is 13.2 Å². The molecule has 1 saturated carbocycles. The van der Waals surface area contributed by atoms with E-state index in [-0.39, 0.29) is 17.9 Å². The van der Waals surface area contributed by atoms with Gasteiger partial charge in [0.05, 0.1) is 23.5 Å². The molecule has 2 saturated heterocycles. The van der Waals surface area contributed by atoms with E-state index in [1.165, 1.54) is 19.2 Å². The smallest absolute Gasteiger partial charge is 0.453 e. The van der Waals surface area contributed by atoms with Crippen LogP contribution in [0.2, 0.25) is 0 Å². The number of hydrogen-bond acceptors (Lipinski definition) is 7. The number of ether oxygens (including phenoxy) is 1. The molecule has 0 aromatic heterocycles. The Balaban J connectivity index is 1.20. The molecule has 1 aliphatic carbocycles. The van der Waals surface area contributed by atoms with Crippen LogP contribution < -0.4 is 10.2 Å². The Bertz CT molecular complexity index is 1420. The van der Waals surface area contributed by atoms with E-state index in [0.717, 1.165) is 82.5 Å². The van der Waals surface area contributed by atoms with Crippen LogP contribution in [0.4, 0.5) is 23.7 Å². The third-order valence-corrected chi connectivity index (χ3v) is 11.1. The number of carbonyl (C=O) groups is 1. The highest BCUT2D eigenvalue weighted by Crippen LogP contribution is 2.50. The van der Waals surface area contributed by atoms with Crippen LogP contribution in [-0.4, -0.2) is 70.8 Å². The summed E-state index contributed by atoms with van der Waals surface area (Å²) in [7, 11) is -4.00. The van der Waals surface area contributed by atoms with E-state index in [2.05, 4.69) is 16.3 Å². The van der Waals surface area contributed by atoms with Gasteiger partial charge in [0.25, 0.3) is 9.84 Å². The first kappa shape index (κ1) is 31.1. The maximum atomic E-state index is 12.8. The summed E-state index contributed by atoms with van der Waals surface area (Å²) in [5, 5.41) is 13.9. The molecule has 0 unspecified atom stereocenters. The largest absolute Gasteiger partial charge is 0.501 e. The minimum Gasteiger partial charge on any atom is -0.453 e. The summed E-state index contributed by atoms with van der Waals surface area (Å²) < 4.78 is 66.7. The van der Waals surface area contributed by atoms with Gasteiger partial charge in [0.1, 0.15) is 0 Å². The summed E-state index contributed by atoms with van der Waals surface area (Å²) in [6, 6.07) is 17.5. The van der Waals surface area contributed by atoms with E-state index in [9.17, 15) is 31.6 Å². The lowest BCUT2D eigenvalue weighted by molar-refractivity contribution is -0.0436. The molecule has 43 heavy (non-hydrogen) atoms. The lowest BCUT2D eigenvalue weighted by Gasteiger charge is -2.48. The number of sulfone groups is 1. The molecule has 3 aliphatic rings. The number of alkyl carbamates (subject to hydrolysis) is 1. The lowest BCUT2D eigenvalue weighted by atomic mass is 9.59. The fraction of sp³-hybridized carbons (Fsp3) is 0.548. The number of nitrogens with one attached hydrogen (secondary N) is 1. The van der Waals surface area contributed by atoms with Crippen molar-refractivity contribution in [2.75, 3.05) is 44.7 Å². The van der Waals surface area contributed by atoms with Crippen LogP contribution in [0.1, 0.15) is 37.7 Å². The number of halogens is 3. The first-order valence-corrected chi connectivity index (χ1v) is 16.2. The molecule has 1 N–H and O–H groups in total. The molecule has 12 heteroatoms. The van der Waals surface area contributed by atoms with Crippen LogP contribution in [0.3, 0.4) is 0 Å². The highest BCUT2D eigenvalue weighted by Gasteiger charge is 2.52. The molecule has 3 atom stereocenters. The molecule has 2 aromatic rings. The van der Waals surface area contributed by atoms with E-state index in [4.69, 9.17) is 4.74 Å². The van der Waals surface area contributed by atoms with Gasteiger partial charge in [0.15, 0.2) is 0 Å². The summed E-state index contributed by atoms with van der Waals surface area (Å²) in [5.74, 6) is 0.493. The average molecular weight is 619 g/mol. The second kappa shape index (κ2) is 12.4. The number of piperidine rings is 1. The van der Waals surface area contributed by atoms with Crippen molar-refractivity contribution < 1.29 is 31.1 Å². The van der Waals surface area contributed by atoms with Gasteiger partial charge >= 0.3 is 11.6 Å². The predicted octanol–water partition coefficient (Wildman–Crippen LogP) is 5.11. The zero-order valence-corrected chi connectivity index (χ0v) is 24.9. The Hall–Kier alpha value is -3.30. The van der Waals surface area contributed by atoms with Gasteiger partial charge in [-0.1, -0.05) is 36.8 Å². The molecule has 3 fully saturated rings. The second-order valence-corrected chi connectivity index (χ2v) is 13.9. The van der Waals surface area contributed by atoms with Crippen molar-refractivity contribution in [3.05, 3.63) is 60.2 Å². The fourth-order valence-electron chi connectivity index (χ4n) is 7.40. The number of alkyl halides is 3. The molecule has 0 spiro atoms. The Morgan fingerprint density at radius 2 is 1.67 bits per heavy atom. The maximum absolute atomic E-state index is 12.8.